The normalized spacial score (nSPS) is 23.2. The second-order valence-electron chi connectivity index (χ2n) is 11.9. The first-order chi connectivity index (χ1) is 17.7. The van der Waals surface area contributed by atoms with E-state index < -0.39 is 79.2 Å². The number of nitrogens with one attached hydrogen (secondary N) is 1. The van der Waals surface area contributed by atoms with Gasteiger partial charge in [-0.2, -0.15) is 0 Å². The van der Waals surface area contributed by atoms with E-state index in [9.17, 15) is 22.6 Å². The van der Waals surface area contributed by atoms with Gasteiger partial charge >= 0.3 is 13.3 Å². The third-order valence-electron chi connectivity index (χ3n) is 6.73. The summed E-state index contributed by atoms with van der Waals surface area (Å²) in [6, 6.07) is 1.19. The molecule has 39 heavy (non-hydrogen) atoms. The summed E-state index contributed by atoms with van der Waals surface area (Å²) in [6.07, 6.45) is -2.92. The van der Waals surface area contributed by atoms with Crippen LogP contribution >= 0.6 is 7.60 Å². The van der Waals surface area contributed by atoms with Crippen molar-refractivity contribution in [3.8, 4) is 0 Å². The summed E-state index contributed by atoms with van der Waals surface area (Å²) in [5.74, 6) is -0.383. The van der Waals surface area contributed by atoms with Gasteiger partial charge in [-0.15, -0.1) is 0 Å². The quantitative estimate of drug-likeness (QED) is 0.258. The molecule has 1 aliphatic heterocycles. The average Bonchev–Trinajstić information content (AvgIpc) is 3.05. The van der Waals surface area contributed by atoms with Crippen LogP contribution in [-0.2, 0) is 37.3 Å². The zero-order chi connectivity index (χ0) is 30.0. The molecule has 226 valence electrons. The Labute approximate surface area is 232 Å². The van der Waals surface area contributed by atoms with Crippen LogP contribution in [0.4, 0.5) is 0 Å². The molecule has 15 heteroatoms. The molecule has 1 saturated heterocycles. The van der Waals surface area contributed by atoms with Crippen molar-refractivity contribution in [1.82, 2.24) is 9.55 Å². The second-order valence-corrected chi connectivity index (χ2v) is 21.2. The molecule has 4 atom stereocenters. The van der Waals surface area contributed by atoms with E-state index in [1.165, 1.54) is 23.9 Å². The maximum Gasteiger partial charge on any atom is 0.346 e. The Bertz CT molecular complexity index is 1220. The van der Waals surface area contributed by atoms with E-state index in [1.54, 1.807) is 27.7 Å². The summed E-state index contributed by atoms with van der Waals surface area (Å²) in [5.41, 5.74) is -2.02. The van der Waals surface area contributed by atoms with Crippen molar-refractivity contribution in [2.45, 2.75) is 110 Å². The highest BCUT2D eigenvalue weighted by Gasteiger charge is 2.51. The van der Waals surface area contributed by atoms with Gasteiger partial charge in [0, 0.05) is 19.4 Å². The number of nitrogens with zero attached hydrogens (tertiary/aromatic N) is 1. The lowest BCUT2D eigenvalue weighted by molar-refractivity contribution is -0.0538. The van der Waals surface area contributed by atoms with Gasteiger partial charge in [0.05, 0.1) is 24.1 Å². The van der Waals surface area contributed by atoms with Crippen LogP contribution in [0.2, 0.25) is 18.1 Å². The van der Waals surface area contributed by atoms with Crippen molar-refractivity contribution in [3.05, 3.63) is 33.1 Å². The lowest BCUT2D eigenvalue weighted by Crippen LogP contribution is -2.50. The molecule has 12 nitrogen and oxygen atoms in total. The van der Waals surface area contributed by atoms with Gasteiger partial charge in [-0.1, -0.05) is 20.8 Å². The maximum absolute atomic E-state index is 13.2. The molecular formula is C24H45N2O10PSSi. The molecule has 1 unspecified atom stereocenters. The van der Waals surface area contributed by atoms with Crippen LogP contribution in [0, 0.1) is 0 Å². The minimum atomic E-state index is -3.93. The highest BCUT2D eigenvalue weighted by atomic mass is 32.2. The van der Waals surface area contributed by atoms with Crippen molar-refractivity contribution in [3.63, 3.8) is 0 Å². The molecule has 1 aromatic heterocycles. The Morgan fingerprint density at radius 1 is 1.10 bits per heavy atom. The number of methoxy groups -OCH3 is 1. The molecule has 1 N–H and O–H groups in total. The van der Waals surface area contributed by atoms with Gasteiger partial charge < -0.3 is 22.9 Å². The van der Waals surface area contributed by atoms with Gasteiger partial charge in [0.25, 0.3) is 5.56 Å². The van der Waals surface area contributed by atoms with Crippen molar-refractivity contribution < 1.29 is 35.9 Å². The van der Waals surface area contributed by atoms with Crippen molar-refractivity contribution in [1.29, 1.82) is 0 Å². The Kier molecular flexibility index (Phi) is 11.2. The van der Waals surface area contributed by atoms with Crippen molar-refractivity contribution in [2.75, 3.05) is 18.4 Å². The molecule has 1 aliphatic rings. The number of aromatic amines is 1. The molecule has 1 fully saturated rings. The number of aromatic nitrogens is 2. The summed E-state index contributed by atoms with van der Waals surface area (Å²) < 4.78 is 70.3. The van der Waals surface area contributed by atoms with Crippen LogP contribution in [0.1, 0.15) is 61.1 Å². The van der Waals surface area contributed by atoms with E-state index in [2.05, 4.69) is 38.8 Å². The van der Waals surface area contributed by atoms with Crippen LogP contribution < -0.4 is 11.2 Å². The first-order valence-corrected chi connectivity index (χ1v) is 19.5. The zero-order valence-electron chi connectivity index (χ0n) is 24.6. The Morgan fingerprint density at radius 3 is 2.13 bits per heavy atom. The molecular weight excluding hydrogens is 567 g/mol. The monoisotopic (exact) mass is 612 g/mol. The fourth-order valence-corrected chi connectivity index (χ4v) is 10.2. The second kappa shape index (κ2) is 12.8. The van der Waals surface area contributed by atoms with Crippen LogP contribution in [0.5, 0.6) is 0 Å². The van der Waals surface area contributed by atoms with Crippen molar-refractivity contribution >= 4 is 25.8 Å². The van der Waals surface area contributed by atoms with Crippen molar-refractivity contribution in [2.24, 2.45) is 0 Å². The largest absolute Gasteiger partial charge is 0.408 e. The highest BCUT2D eigenvalue weighted by molar-refractivity contribution is 7.97. The van der Waals surface area contributed by atoms with E-state index in [0.717, 1.165) is 0 Å². The van der Waals surface area contributed by atoms with Gasteiger partial charge in [-0.25, -0.2) is 13.2 Å². The average molecular weight is 613 g/mol. The van der Waals surface area contributed by atoms with Gasteiger partial charge in [-0.05, 0) is 52.2 Å². The van der Waals surface area contributed by atoms with Crippen LogP contribution in [-0.4, -0.2) is 75.2 Å². The van der Waals surface area contributed by atoms with E-state index in [4.69, 9.17) is 22.9 Å². The summed E-state index contributed by atoms with van der Waals surface area (Å²) >= 11 is 0. The van der Waals surface area contributed by atoms with E-state index in [-0.39, 0.29) is 17.2 Å². The Morgan fingerprint density at radius 2 is 1.67 bits per heavy atom. The summed E-state index contributed by atoms with van der Waals surface area (Å²) in [7, 11) is -8.81. The molecule has 0 aliphatic carbocycles. The third kappa shape index (κ3) is 9.19. The third-order valence-corrected chi connectivity index (χ3v) is 16.4. The van der Waals surface area contributed by atoms with Gasteiger partial charge in [0.15, 0.2) is 29.9 Å². The highest BCUT2D eigenvalue weighted by Crippen LogP contribution is 2.52. The van der Waals surface area contributed by atoms with Crippen LogP contribution in [0.15, 0.2) is 21.9 Å². The van der Waals surface area contributed by atoms with Gasteiger partial charge in [0.1, 0.15) is 12.2 Å². The fourth-order valence-electron chi connectivity index (χ4n) is 4.03. The molecule has 1 aromatic rings. The zero-order valence-corrected chi connectivity index (χ0v) is 27.3. The van der Waals surface area contributed by atoms with E-state index >= 15 is 0 Å². The van der Waals surface area contributed by atoms with Gasteiger partial charge in [0.2, 0.25) is 0 Å². The van der Waals surface area contributed by atoms with Gasteiger partial charge in [-0.3, -0.25) is 18.9 Å². The molecule has 0 radical (unpaired) electrons. The predicted octanol–water partition coefficient (Wildman–Crippen LogP) is 3.64. The van der Waals surface area contributed by atoms with E-state index in [0.29, 0.717) is 0 Å². The maximum atomic E-state index is 13.2. The van der Waals surface area contributed by atoms with Crippen LogP contribution in [0.3, 0.4) is 0 Å². The molecule has 2 heterocycles. The fraction of sp³-hybridized carbons (Fsp3) is 0.833. The first-order valence-electron chi connectivity index (χ1n) is 13.0. The smallest absolute Gasteiger partial charge is 0.346 e. The predicted molar refractivity (Wildman–Crippen MR) is 151 cm³/mol. The van der Waals surface area contributed by atoms with E-state index in [1.807, 2.05) is 0 Å². The first kappa shape index (κ1) is 34.1. The summed E-state index contributed by atoms with van der Waals surface area (Å²) in [5, 5.41) is -0.177. The topological polar surface area (TPSA) is 152 Å². The summed E-state index contributed by atoms with van der Waals surface area (Å²) in [6.45, 7) is 16.9. The molecule has 2 rings (SSSR count). The van der Waals surface area contributed by atoms with Crippen LogP contribution in [0.25, 0.3) is 0 Å². The lowest BCUT2D eigenvalue weighted by atomic mass is 10.1. The molecule has 0 saturated carbocycles. The number of rotatable bonds is 13. The summed E-state index contributed by atoms with van der Waals surface area (Å²) in [4.78, 5) is 26.4. The molecule has 0 bridgehead atoms. The molecule has 0 aromatic carbocycles. The Balaban J connectivity index is 2.39. The number of sulfone groups is 1. The number of hydrogen-bond acceptors (Lipinski definition) is 10. The molecule has 0 amide bonds. The Hall–Kier alpha value is -1.12. The number of ether oxygens (including phenoxy) is 2. The SMILES string of the molecule is CO[C@@H]1C(O[Si](C)(C)C(C)(C)C)[C@@H](CCS(=O)(=O)CP(=O)(OC(C)C)OC(C)C)O[C@H]1n1ccc(=O)[nH]c1=O. The molecule has 0 spiro atoms. The lowest BCUT2D eigenvalue weighted by Gasteiger charge is -2.40. The standard InChI is InChI=1S/C24H45N2O10PSSi/c1-16(2)34-37(29,35-17(3)4)15-38(30,31)14-12-18-20(36-39(9,10)24(5,6)7)21(32-8)22(33-18)26-13-11-19(27)25-23(26)28/h11,13,16-18,20-22H,12,14-15H2,1-10H3,(H,25,27,28)/t18-,20?,21-,22-/m1/s1. The minimum absolute atomic E-state index is 0.0144. The number of hydrogen-bond donors (Lipinski definition) is 1. The minimum Gasteiger partial charge on any atom is -0.408 e. The number of H-pyrrole nitrogens is 1.